The summed E-state index contributed by atoms with van der Waals surface area (Å²) < 4.78 is 0.816. The first-order chi connectivity index (χ1) is 6.68. The van der Waals surface area contributed by atoms with Crippen molar-refractivity contribution in [3.8, 4) is 0 Å². The minimum atomic E-state index is -1.03. The van der Waals surface area contributed by atoms with Gasteiger partial charge in [0.05, 0.1) is 0 Å². The first kappa shape index (κ1) is 11.0. The average molecular weight is 308 g/mol. The van der Waals surface area contributed by atoms with E-state index in [0.717, 1.165) is 3.70 Å². The van der Waals surface area contributed by atoms with Crippen LogP contribution in [0.4, 0.5) is 10.6 Å². The Balaban J connectivity index is 2.25. The fourth-order valence-corrected chi connectivity index (χ4v) is 1.06. The van der Waals surface area contributed by atoms with Crippen LogP contribution in [0.3, 0.4) is 0 Å². The van der Waals surface area contributed by atoms with Gasteiger partial charge in [0.15, 0.2) is 0 Å². The number of carboxylic acid groups (broad SMARTS) is 1. The van der Waals surface area contributed by atoms with Crippen LogP contribution in [-0.4, -0.2) is 34.5 Å². The van der Waals surface area contributed by atoms with Crippen molar-refractivity contribution in [1.82, 2.24) is 15.5 Å². The first-order valence-electron chi connectivity index (χ1n) is 3.88. The van der Waals surface area contributed by atoms with E-state index in [4.69, 9.17) is 5.11 Å². The number of carbonyl (C=O) groups is 1. The second kappa shape index (κ2) is 5.58. The first-order valence-corrected chi connectivity index (χ1v) is 4.96. The topological polar surface area (TPSA) is 87.1 Å². The Morgan fingerprint density at radius 2 is 2.21 bits per heavy atom. The number of nitrogens with zero attached hydrogens (tertiary/aromatic N) is 2. The SMILES string of the molecule is O=C(O)NCCNc1ccc(I)nn1. The molecule has 1 heterocycles. The molecule has 7 heteroatoms. The maximum absolute atomic E-state index is 10.1. The molecule has 0 aromatic carbocycles. The Kier molecular flexibility index (Phi) is 4.36. The van der Waals surface area contributed by atoms with E-state index in [0.29, 0.717) is 18.9 Å². The summed E-state index contributed by atoms with van der Waals surface area (Å²) >= 11 is 2.06. The van der Waals surface area contributed by atoms with Crippen LogP contribution < -0.4 is 10.6 Å². The number of rotatable bonds is 4. The molecule has 1 rings (SSSR count). The predicted octanol–water partition coefficient (Wildman–Crippen LogP) is 0.761. The smallest absolute Gasteiger partial charge is 0.404 e. The Hall–Kier alpha value is -1.12. The van der Waals surface area contributed by atoms with Gasteiger partial charge in [-0.1, -0.05) is 0 Å². The molecule has 0 atom stereocenters. The number of amides is 1. The summed E-state index contributed by atoms with van der Waals surface area (Å²) in [6.45, 7) is 0.824. The molecule has 0 radical (unpaired) electrons. The summed E-state index contributed by atoms with van der Waals surface area (Å²) in [6, 6.07) is 3.61. The van der Waals surface area contributed by atoms with Crippen LogP contribution >= 0.6 is 22.6 Å². The third-order valence-corrected chi connectivity index (χ3v) is 1.91. The molecule has 0 saturated heterocycles. The molecule has 0 bridgehead atoms. The molecule has 1 amide bonds. The standard InChI is InChI=1S/C7H9IN4O2/c8-5-1-2-6(12-11-5)9-3-4-10-7(13)14/h1-2,10H,3-4H2,(H,9,12)(H,13,14). The van der Waals surface area contributed by atoms with Crippen molar-refractivity contribution in [2.24, 2.45) is 0 Å². The highest BCUT2D eigenvalue weighted by Gasteiger charge is 1.95. The van der Waals surface area contributed by atoms with E-state index in [1.54, 1.807) is 6.07 Å². The lowest BCUT2D eigenvalue weighted by molar-refractivity contribution is 0.195. The highest BCUT2D eigenvalue weighted by Crippen LogP contribution is 2.02. The van der Waals surface area contributed by atoms with Gasteiger partial charge in [-0.15, -0.1) is 10.2 Å². The van der Waals surface area contributed by atoms with Crippen LogP contribution in [0, 0.1) is 3.70 Å². The molecule has 1 aromatic heterocycles. The van der Waals surface area contributed by atoms with Crippen LogP contribution in [0.15, 0.2) is 12.1 Å². The minimum absolute atomic E-state index is 0.336. The maximum atomic E-state index is 10.1. The Labute approximate surface area is 94.3 Å². The predicted molar refractivity (Wildman–Crippen MR) is 59.3 cm³/mol. The normalized spacial score (nSPS) is 9.50. The number of anilines is 1. The van der Waals surface area contributed by atoms with Crippen LogP contribution in [-0.2, 0) is 0 Å². The molecule has 3 N–H and O–H groups in total. The molecule has 14 heavy (non-hydrogen) atoms. The number of aromatic nitrogens is 2. The van der Waals surface area contributed by atoms with E-state index < -0.39 is 6.09 Å². The van der Waals surface area contributed by atoms with Gasteiger partial charge in [-0.3, -0.25) is 0 Å². The summed E-state index contributed by atoms with van der Waals surface area (Å²) in [5.74, 6) is 0.637. The van der Waals surface area contributed by atoms with Gasteiger partial charge < -0.3 is 15.7 Å². The van der Waals surface area contributed by atoms with Crippen molar-refractivity contribution >= 4 is 34.5 Å². The number of hydrogen-bond donors (Lipinski definition) is 3. The zero-order valence-corrected chi connectivity index (χ0v) is 9.35. The Morgan fingerprint density at radius 1 is 1.43 bits per heavy atom. The third-order valence-electron chi connectivity index (χ3n) is 1.34. The Morgan fingerprint density at radius 3 is 2.79 bits per heavy atom. The van der Waals surface area contributed by atoms with Crippen molar-refractivity contribution in [3.63, 3.8) is 0 Å². The molecule has 1 aromatic rings. The average Bonchev–Trinajstić information content (AvgIpc) is 2.15. The van der Waals surface area contributed by atoms with Gasteiger partial charge in [0.25, 0.3) is 0 Å². The molecule has 0 spiro atoms. The summed E-state index contributed by atoms with van der Waals surface area (Å²) in [4.78, 5) is 10.1. The van der Waals surface area contributed by atoms with Crippen molar-refractivity contribution in [2.45, 2.75) is 0 Å². The van der Waals surface area contributed by atoms with Crippen LogP contribution in [0.25, 0.3) is 0 Å². The number of halogens is 1. The van der Waals surface area contributed by atoms with Crippen molar-refractivity contribution < 1.29 is 9.90 Å². The van der Waals surface area contributed by atoms with E-state index in [2.05, 4.69) is 43.4 Å². The molecule has 0 aliphatic rings. The van der Waals surface area contributed by atoms with Gasteiger partial charge in [-0.25, -0.2) is 4.79 Å². The zero-order chi connectivity index (χ0) is 10.4. The quantitative estimate of drug-likeness (QED) is 0.565. The molecule has 0 fully saturated rings. The summed E-state index contributed by atoms with van der Waals surface area (Å²) in [5, 5.41) is 21.1. The van der Waals surface area contributed by atoms with Crippen molar-refractivity contribution in [1.29, 1.82) is 0 Å². The summed E-state index contributed by atoms with van der Waals surface area (Å²) in [6.07, 6.45) is -1.03. The maximum Gasteiger partial charge on any atom is 0.404 e. The van der Waals surface area contributed by atoms with Crippen LogP contribution in [0.2, 0.25) is 0 Å². The number of hydrogen-bond acceptors (Lipinski definition) is 4. The van der Waals surface area contributed by atoms with E-state index >= 15 is 0 Å². The lowest BCUT2D eigenvalue weighted by Gasteiger charge is -2.03. The van der Waals surface area contributed by atoms with Gasteiger partial charge in [-0.05, 0) is 34.7 Å². The molecule has 6 nitrogen and oxygen atoms in total. The van der Waals surface area contributed by atoms with E-state index in [1.165, 1.54) is 0 Å². The molecule has 0 aliphatic carbocycles. The zero-order valence-electron chi connectivity index (χ0n) is 7.20. The summed E-state index contributed by atoms with van der Waals surface area (Å²) in [5.41, 5.74) is 0. The molecular formula is C7H9IN4O2. The fourth-order valence-electron chi connectivity index (χ4n) is 0.770. The lowest BCUT2D eigenvalue weighted by Crippen LogP contribution is -2.27. The highest BCUT2D eigenvalue weighted by molar-refractivity contribution is 14.1. The summed E-state index contributed by atoms with van der Waals surface area (Å²) in [7, 11) is 0. The molecule has 76 valence electrons. The molecule has 0 aliphatic heterocycles. The molecule has 0 unspecified atom stereocenters. The second-order valence-electron chi connectivity index (χ2n) is 2.40. The van der Waals surface area contributed by atoms with Gasteiger partial charge in [0.1, 0.15) is 9.52 Å². The minimum Gasteiger partial charge on any atom is -0.465 e. The van der Waals surface area contributed by atoms with Gasteiger partial charge in [0, 0.05) is 13.1 Å². The second-order valence-corrected chi connectivity index (χ2v) is 3.51. The van der Waals surface area contributed by atoms with Gasteiger partial charge >= 0.3 is 6.09 Å². The lowest BCUT2D eigenvalue weighted by atomic mass is 10.5. The largest absolute Gasteiger partial charge is 0.465 e. The monoisotopic (exact) mass is 308 g/mol. The third kappa shape index (κ3) is 4.21. The van der Waals surface area contributed by atoms with E-state index in [1.807, 2.05) is 6.07 Å². The molecule has 0 saturated carbocycles. The highest BCUT2D eigenvalue weighted by atomic mass is 127. The number of nitrogens with one attached hydrogen (secondary N) is 2. The van der Waals surface area contributed by atoms with Crippen LogP contribution in [0.5, 0.6) is 0 Å². The van der Waals surface area contributed by atoms with Gasteiger partial charge in [-0.2, -0.15) is 0 Å². The molecular weight excluding hydrogens is 299 g/mol. The van der Waals surface area contributed by atoms with E-state index in [9.17, 15) is 4.79 Å². The fraction of sp³-hybridized carbons (Fsp3) is 0.286. The Bertz CT molecular complexity index is 303. The van der Waals surface area contributed by atoms with Gasteiger partial charge in [0.2, 0.25) is 0 Å². The van der Waals surface area contributed by atoms with Crippen molar-refractivity contribution in [2.75, 3.05) is 18.4 Å². The van der Waals surface area contributed by atoms with E-state index in [-0.39, 0.29) is 0 Å². The van der Waals surface area contributed by atoms with Crippen LogP contribution in [0.1, 0.15) is 0 Å². The van der Waals surface area contributed by atoms with Crippen molar-refractivity contribution in [3.05, 3.63) is 15.8 Å².